The number of amides is 2. The minimum Gasteiger partial charge on any atom is -0.454 e. The van der Waals surface area contributed by atoms with E-state index in [9.17, 15) is 19.7 Å². The Bertz CT molecular complexity index is 960. The average Bonchev–Trinajstić information content (AvgIpc) is 3.10. The first-order valence-electron chi connectivity index (χ1n) is 7.56. The van der Waals surface area contributed by atoms with E-state index in [4.69, 9.17) is 21.1 Å². The van der Waals surface area contributed by atoms with Gasteiger partial charge in [-0.25, -0.2) is 0 Å². The maximum absolute atomic E-state index is 11.9. The van der Waals surface area contributed by atoms with Crippen molar-refractivity contribution in [2.75, 3.05) is 6.79 Å². The van der Waals surface area contributed by atoms with E-state index >= 15 is 0 Å². The molecule has 0 bridgehead atoms. The third kappa shape index (κ3) is 4.33. The maximum Gasteiger partial charge on any atom is 0.280 e. The fraction of sp³-hybridized carbons (Fsp3) is 0.0588. The van der Waals surface area contributed by atoms with E-state index in [0.717, 1.165) is 6.08 Å². The molecule has 0 saturated heterocycles. The highest BCUT2D eigenvalue weighted by Gasteiger charge is 2.22. The monoisotopic (exact) mass is 389 g/mol. The van der Waals surface area contributed by atoms with Crippen LogP contribution in [0, 0.1) is 10.1 Å². The minimum absolute atomic E-state index is 0.0321. The van der Waals surface area contributed by atoms with Crippen molar-refractivity contribution in [1.29, 1.82) is 0 Å². The summed E-state index contributed by atoms with van der Waals surface area (Å²) in [5.41, 5.74) is 4.56. The van der Waals surface area contributed by atoms with Gasteiger partial charge in [0.2, 0.25) is 6.79 Å². The maximum atomic E-state index is 11.9. The van der Waals surface area contributed by atoms with Gasteiger partial charge in [-0.05, 0) is 30.3 Å². The van der Waals surface area contributed by atoms with Crippen LogP contribution in [0.1, 0.15) is 15.9 Å². The number of ether oxygens (including phenoxy) is 2. The Morgan fingerprint density at radius 1 is 1.15 bits per heavy atom. The second-order valence-electron chi connectivity index (χ2n) is 5.31. The molecule has 2 amide bonds. The van der Waals surface area contributed by atoms with Crippen molar-refractivity contribution in [3.63, 3.8) is 0 Å². The molecule has 138 valence electrons. The van der Waals surface area contributed by atoms with Gasteiger partial charge >= 0.3 is 0 Å². The largest absolute Gasteiger partial charge is 0.454 e. The first-order valence-corrected chi connectivity index (χ1v) is 7.94. The molecule has 9 nitrogen and oxygen atoms in total. The molecule has 27 heavy (non-hydrogen) atoms. The number of hydrogen-bond donors (Lipinski definition) is 2. The topological polar surface area (TPSA) is 120 Å². The number of nitro benzene ring substituents is 1. The van der Waals surface area contributed by atoms with Crippen LogP contribution in [0.25, 0.3) is 6.08 Å². The summed E-state index contributed by atoms with van der Waals surface area (Å²) in [6.45, 7) is -0.0321. The second-order valence-corrected chi connectivity index (χ2v) is 5.74. The van der Waals surface area contributed by atoms with Crippen LogP contribution in [-0.4, -0.2) is 23.5 Å². The summed E-state index contributed by atoms with van der Waals surface area (Å²) in [6.07, 6.45) is 2.28. The van der Waals surface area contributed by atoms with Crippen molar-refractivity contribution in [3.8, 4) is 11.5 Å². The lowest BCUT2D eigenvalue weighted by molar-refractivity contribution is -0.385. The van der Waals surface area contributed by atoms with E-state index < -0.39 is 16.7 Å². The van der Waals surface area contributed by atoms with Crippen molar-refractivity contribution in [3.05, 3.63) is 68.7 Å². The number of nitrogens with one attached hydrogen (secondary N) is 2. The summed E-state index contributed by atoms with van der Waals surface area (Å²) < 4.78 is 10.3. The number of carbonyl (C=O) groups is 2. The molecule has 10 heteroatoms. The molecule has 0 radical (unpaired) electrons. The Hall–Kier alpha value is -3.59. The Labute approximate surface area is 157 Å². The van der Waals surface area contributed by atoms with Crippen LogP contribution in [0.15, 0.2) is 42.5 Å². The summed E-state index contributed by atoms with van der Waals surface area (Å²) in [5, 5.41) is 11.6. The highest BCUT2D eigenvalue weighted by molar-refractivity contribution is 6.30. The predicted molar refractivity (Wildman–Crippen MR) is 95.3 cm³/mol. The molecule has 2 aromatic rings. The molecule has 0 aliphatic carbocycles. The van der Waals surface area contributed by atoms with E-state index in [2.05, 4.69) is 10.9 Å². The number of rotatable bonds is 4. The third-order valence-electron chi connectivity index (χ3n) is 3.52. The summed E-state index contributed by atoms with van der Waals surface area (Å²) in [6, 6.07) is 8.79. The molecule has 3 rings (SSSR count). The number of hydrazine groups is 1. The van der Waals surface area contributed by atoms with E-state index in [1.807, 2.05) is 0 Å². The number of carbonyl (C=O) groups excluding carboxylic acids is 2. The standard InChI is InChI=1S/C17H12ClN3O6/c18-12-3-1-2-11(6-12)17(23)20-19-16(22)5-4-10-7-14-15(27-9-26-14)8-13(10)21(24)25/h1-8H,9H2,(H,19,22)(H,20,23)/b5-4+. The quantitative estimate of drug-likeness (QED) is 0.471. The zero-order chi connectivity index (χ0) is 19.4. The van der Waals surface area contributed by atoms with Crippen LogP contribution in [0.3, 0.4) is 0 Å². The molecule has 0 spiro atoms. The minimum atomic E-state index is -0.683. The molecule has 0 atom stereocenters. The van der Waals surface area contributed by atoms with Gasteiger partial charge < -0.3 is 9.47 Å². The molecule has 0 unspecified atom stereocenters. The van der Waals surface area contributed by atoms with Gasteiger partial charge in [0.15, 0.2) is 11.5 Å². The Morgan fingerprint density at radius 3 is 2.59 bits per heavy atom. The van der Waals surface area contributed by atoms with Crippen LogP contribution in [0.2, 0.25) is 5.02 Å². The smallest absolute Gasteiger partial charge is 0.280 e. The Kier molecular flexibility index (Phi) is 5.23. The number of benzene rings is 2. The Morgan fingerprint density at radius 2 is 1.89 bits per heavy atom. The fourth-order valence-electron chi connectivity index (χ4n) is 2.27. The lowest BCUT2D eigenvalue weighted by Gasteiger charge is -2.05. The van der Waals surface area contributed by atoms with E-state index in [1.54, 1.807) is 12.1 Å². The van der Waals surface area contributed by atoms with Crippen LogP contribution in [0.5, 0.6) is 11.5 Å². The summed E-state index contributed by atoms with van der Waals surface area (Å²) in [5.74, 6) is -0.641. The summed E-state index contributed by atoms with van der Waals surface area (Å²) in [7, 11) is 0. The van der Waals surface area contributed by atoms with Gasteiger partial charge in [0.1, 0.15) is 0 Å². The fourth-order valence-corrected chi connectivity index (χ4v) is 2.46. The highest BCUT2D eigenvalue weighted by atomic mass is 35.5. The van der Waals surface area contributed by atoms with E-state index in [1.165, 1.54) is 30.3 Å². The van der Waals surface area contributed by atoms with Gasteiger partial charge in [0.05, 0.1) is 16.6 Å². The predicted octanol–water partition coefficient (Wildman–Crippen LogP) is 2.45. The van der Waals surface area contributed by atoms with Crippen molar-refractivity contribution < 1.29 is 24.0 Å². The van der Waals surface area contributed by atoms with Gasteiger partial charge in [0.25, 0.3) is 17.5 Å². The van der Waals surface area contributed by atoms with Crippen LogP contribution in [0.4, 0.5) is 5.69 Å². The molecule has 2 aromatic carbocycles. The molecule has 1 heterocycles. The molecular formula is C17H12ClN3O6. The van der Waals surface area contributed by atoms with Gasteiger partial charge in [-0.3, -0.25) is 30.6 Å². The molecule has 1 aliphatic heterocycles. The van der Waals surface area contributed by atoms with Crippen molar-refractivity contribution in [1.82, 2.24) is 10.9 Å². The first-order chi connectivity index (χ1) is 12.9. The SMILES string of the molecule is O=C(/C=C/c1cc2c(cc1[N+](=O)[O-])OCO2)NNC(=O)c1cccc(Cl)c1. The second kappa shape index (κ2) is 7.75. The number of nitrogens with zero attached hydrogens (tertiary/aromatic N) is 1. The van der Waals surface area contributed by atoms with Crippen molar-refractivity contribution in [2.45, 2.75) is 0 Å². The van der Waals surface area contributed by atoms with Gasteiger partial charge in [-0.1, -0.05) is 17.7 Å². The van der Waals surface area contributed by atoms with E-state index in [0.29, 0.717) is 10.8 Å². The lowest BCUT2D eigenvalue weighted by atomic mass is 10.1. The van der Waals surface area contributed by atoms with Crippen LogP contribution in [-0.2, 0) is 4.79 Å². The van der Waals surface area contributed by atoms with Gasteiger partial charge in [0, 0.05) is 16.7 Å². The van der Waals surface area contributed by atoms with Gasteiger partial charge in [-0.2, -0.15) is 0 Å². The van der Waals surface area contributed by atoms with E-state index in [-0.39, 0.29) is 29.4 Å². The van der Waals surface area contributed by atoms with Crippen molar-refractivity contribution >= 4 is 35.2 Å². The molecule has 1 aliphatic rings. The molecular weight excluding hydrogens is 378 g/mol. The lowest BCUT2D eigenvalue weighted by Crippen LogP contribution is -2.40. The van der Waals surface area contributed by atoms with Crippen LogP contribution < -0.4 is 20.3 Å². The highest BCUT2D eigenvalue weighted by Crippen LogP contribution is 2.38. The molecule has 0 aromatic heterocycles. The first kappa shape index (κ1) is 18.2. The molecule has 0 saturated carbocycles. The molecule has 2 N–H and O–H groups in total. The summed E-state index contributed by atoms with van der Waals surface area (Å²) in [4.78, 5) is 34.4. The summed E-state index contributed by atoms with van der Waals surface area (Å²) >= 11 is 5.80. The zero-order valence-corrected chi connectivity index (χ0v) is 14.4. The number of hydrogen-bond acceptors (Lipinski definition) is 6. The van der Waals surface area contributed by atoms with Gasteiger partial charge in [-0.15, -0.1) is 0 Å². The molecule has 0 fully saturated rings. The average molecular weight is 390 g/mol. The zero-order valence-electron chi connectivity index (χ0n) is 13.6. The number of fused-ring (bicyclic) bond motifs is 1. The number of halogens is 1. The van der Waals surface area contributed by atoms with Crippen molar-refractivity contribution in [2.24, 2.45) is 0 Å². The Balaban J connectivity index is 1.66. The normalized spacial score (nSPS) is 12.0. The third-order valence-corrected chi connectivity index (χ3v) is 3.75. The van der Waals surface area contributed by atoms with Crippen LogP contribution >= 0.6 is 11.6 Å². The number of nitro groups is 1.